The van der Waals surface area contributed by atoms with Crippen molar-refractivity contribution in [2.75, 3.05) is 17.1 Å². The third-order valence-electron chi connectivity index (χ3n) is 7.35. The van der Waals surface area contributed by atoms with Crippen LogP contribution in [0.25, 0.3) is 0 Å². The normalized spacial score (nSPS) is 12.8. The molecule has 3 aromatic carbocycles. The third-order valence-corrected chi connectivity index (χ3v) is 8.55. The van der Waals surface area contributed by atoms with Crippen molar-refractivity contribution in [2.24, 2.45) is 0 Å². The Hall–Kier alpha value is -3.65. The number of sulfonamides is 1. The molecule has 0 heterocycles. The quantitative estimate of drug-likeness (QED) is 0.260. The van der Waals surface area contributed by atoms with E-state index in [1.807, 2.05) is 107 Å². The van der Waals surface area contributed by atoms with Crippen LogP contribution in [0, 0.1) is 20.8 Å². The van der Waals surface area contributed by atoms with Gasteiger partial charge in [0.25, 0.3) is 0 Å². The summed E-state index contributed by atoms with van der Waals surface area (Å²) in [6.07, 6.45) is 2.75. The van der Waals surface area contributed by atoms with Crippen molar-refractivity contribution in [1.29, 1.82) is 0 Å². The number of aryl methyl sites for hydroxylation is 3. The van der Waals surface area contributed by atoms with Crippen LogP contribution >= 0.6 is 0 Å². The fourth-order valence-electron chi connectivity index (χ4n) is 5.10. The first kappa shape index (κ1) is 32.9. The molecule has 0 aliphatic carbocycles. The number of amides is 2. The van der Waals surface area contributed by atoms with Crippen molar-refractivity contribution in [1.82, 2.24) is 10.2 Å². The lowest BCUT2D eigenvalue weighted by Crippen LogP contribution is -2.52. The molecule has 7 nitrogen and oxygen atoms in total. The van der Waals surface area contributed by atoms with Crippen LogP contribution in [0.3, 0.4) is 0 Å². The highest BCUT2D eigenvalue weighted by molar-refractivity contribution is 7.92. The second kappa shape index (κ2) is 15.0. The minimum absolute atomic E-state index is 0.0344. The molecule has 0 unspecified atom stereocenters. The number of nitrogens with one attached hydrogen (secondary N) is 1. The number of hydrogen-bond donors (Lipinski definition) is 1. The Morgan fingerprint density at radius 2 is 1.50 bits per heavy atom. The van der Waals surface area contributed by atoms with Crippen LogP contribution in [0.4, 0.5) is 5.69 Å². The van der Waals surface area contributed by atoms with E-state index in [-0.39, 0.29) is 37.4 Å². The van der Waals surface area contributed by atoms with Gasteiger partial charge in [0.05, 0.1) is 11.9 Å². The predicted octanol–water partition coefficient (Wildman–Crippen LogP) is 5.71. The average Bonchev–Trinajstić information content (AvgIpc) is 2.92. The Labute approximate surface area is 252 Å². The highest BCUT2D eigenvalue weighted by atomic mass is 32.2. The number of rotatable bonds is 14. The number of nitrogens with zero attached hydrogens (tertiary/aromatic N) is 2. The Balaban J connectivity index is 1.90. The van der Waals surface area contributed by atoms with Gasteiger partial charge in [-0.25, -0.2) is 8.42 Å². The molecule has 226 valence electrons. The lowest BCUT2D eigenvalue weighted by molar-refractivity contribution is -0.141. The van der Waals surface area contributed by atoms with Crippen molar-refractivity contribution in [2.45, 2.75) is 78.9 Å². The van der Waals surface area contributed by atoms with E-state index < -0.39 is 16.1 Å². The summed E-state index contributed by atoms with van der Waals surface area (Å²) in [5, 5.41) is 3.09. The van der Waals surface area contributed by atoms with E-state index in [1.165, 1.54) is 10.6 Å². The molecule has 0 aliphatic rings. The standard InChI is InChI=1S/C34H45N3O4S/c1-7-28(5)35-34(39)32(23-29-14-9-8-10-15-29)36(24-30-16-11-13-25(2)20-30)33(38)17-12-18-37(42(6,40)41)31-21-26(3)19-27(4)22-31/h8-11,13-16,19-22,28,32H,7,12,17-18,23-24H2,1-6H3,(H,35,39)/t28-,32-/m0/s1. The molecule has 42 heavy (non-hydrogen) atoms. The first-order chi connectivity index (χ1) is 19.9. The van der Waals surface area contributed by atoms with E-state index in [2.05, 4.69) is 5.32 Å². The van der Waals surface area contributed by atoms with Crippen molar-refractivity contribution in [3.05, 3.63) is 101 Å². The molecule has 0 radical (unpaired) electrons. The molecule has 2 atom stereocenters. The summed E-state index contributed by atoms with van der Waals surface area (Å²) in [7, 11) is -3.57. The maximum atomic E-state index is 14.0. The summed E-state index contributed by atoms with van der Waals surface area (Å²) in [6.45, 7) is 10.3. The van der Waals surface area contributed by atoms with Crippen molar-refractivity contribution in [3.63, 3.8) is 0 Å². The van der Waals surface area contributed by atoms with Crippen molar-refractivity contribution < 1.29 is 18.0 Å². The highest BCUT2D eigenvalue weighted by Gasteiger charge is 2.31. The van der Waals surface area contributed by atoms with Gasteiger partial charge in [0, 0.05) is 32.0 Å². The predicted molar refractivity (Wildman–Crippen MR) is 171 cm³/mol. The summed E-state index contributed by atoms with van der Waals surface area (Å²) >= 11 is 0. The molecule has 0 bridgehead atoms. The number of carbonyl (C=O) groups is 2. The first-order valence-corrected chi connectivity index (χ1v) is 16.5. The topological polar surface area (TPSA) is 86.8 Å². The Bertz CT molecular complexity index is 1440. The number of anilines is 1. The molecule has 0 spiro atoms. The van der Waals surface area contributed by atoms with Crippen LogP contribution < -0.4 is 9.62 Å². The molecule has 0 aliphatic heterocycles. The minimum Gasteiger partial charge on any atom is -0.352 e. The van der Waals surface area contributed by atoms with Crippen LogP contribution in [-0.2, 0) is 32.6 Å². The Kier molecular flexibility index (Phi) is 11.7. The van der Waals surface area contributed by atoms with Gasteiger partial charge in [0.1, 0.15) is 6.04 Å². The highest BCUT2D eigenvalue weighted by Crippen LogP contribution is 2.23. The van der Waals surface area contributed by atoms with E-state index >= 15 is 0 Å². The summed E-state index contributed by atoms with van der Waals surface area (Å²) in [5.41, 5.74) is 5.49. The van der Waals surface area contributed by atoms with Gasteiger partial charge in [-0.05, 0) is 74.9 Å². The monoisotopic (exact) mass is 591 g/mol. The van der Waals surface area contributed by atoms with E-state index in [4.69, 9.17) is 0 Å². The Morgan fingerprint density at radius 3 is 2.10 bits per heavy atom. The maximum absolute atomic E-state index is 14.0. The smallest absolute Gasteiger partial charge is 0.243 e. The van der Waals surface area contributed by atoms with E-state index in [1.54, 1.807) is 4.90 Å². The molecule has 3 rings (SSSR count). The average molecular weight is 592 g/mol. The van der Waals surface area contributed by atoms with Crippen LogP contribution in [0.5, 0.6) is 0 Å². The van der Waals surface area contributed by atoms with Crippen LogP contribution in [0.15, 0.2) is 72.8 Å². The van der Waals surface area contributed by atoms with Gasteiger partial charge in [0.15, 0.2) is 0 Å². The second-order valence-corrected chi connectivity index (χ2v) is 13.2. The third kappa shape index (κ3) is 9.72. The van der Waals surface area contributed by atoms with Crippen molar-refractivity contribution >= 4 is 27.5 Å². The molecular weight excluding hydrogens is 546 g/mol. The fourth-order valence-corrected chi connectivity index (χ4v) is 6.05. The van der Waals surface area contributed by atoms with Crippen LogP contribution in [0.1, 0.15) is 60.9 Å². The maximum Gasteiger partial charge on any atom is 0.243 e. The summed E-state index contributed by atoms with van der Waals surface area (Å²) < 4.78 is 26.9. The lowest BCUT2D eigenvalue weighted by Gasteiger charge is -2.33. The molecule has 2 amide bonds. The minimum atomic E-state index is -3.57. The summed E-state index contributed by atoms with van der Waals surface area (Å²) in [6, 6.07) is 22.6. The molecule has 0 saturated heterocycles. The summed E-state index contributed by atoms with van der Waals surface area (Å²) in [5.74, 6) is -0.382. The summed E-state index contributed by atoms with van der Waals surface area (Å²) in [4.78, 5) is 29.3. The van der Waals surface area contributed by atoms with Gasteiger partial charge in [-0.2, -0.15) is 0 Å². The number of carbonyl (C=O) groups excluding carboxylic acids is 2. The fraction of sp³-hybridized carbons (Fsp3) is 0.412. The largest absolute Gasteiger partial charge is 0.352 e. The molecular formula is C34H45N3O4S. The van der Waals surface area contributed by atoms with Gasteiger partial charge in [-0.3, -0.25) is 13.9 Å². The molecule has 0 aromatic heterocycles. The number of benzene rings is 3. The molecule has 0 fully saturated rings. The number of hydrogen-bond acceptors (Lipinski definition) is 4. The van der Waals surface area contributed by atoms with E-state index in [9.17, 15) is 18.0 Å². The van der Waals surface area contributed by atoms with E-state index in [0.717, 1.165) is 34.2 Å². The lowest BCUT2D eigenvalue weighted by atomic mass is 10.0. The molecule has 8 heteroatoms. The van der Waals surface area contributed by atoms with E-state index in [0.29, 0.717) is 18.5 Å². The van der Waals surface area contributed by atoms with Gasteiger partial charge in [0.2, 0.25) is 21.8 Å². The Morgan fingerprint density at radius 1 is 0.857 bits per heavy atom. The SMILES string of the molecule is CC[C@H](C)NC(=O)[C@H](Cc1ccccc1)N(Cc1cccc(C)c1)C(=O)CCCN(c1cc(C)cc(C)c1)S(C)(=O)=O. The molecule has 3 aromatic rings. The second-order valence-electron chi connectivity index (χ2n) is 11.3. The van der Waals surface area contributed by atoms with Crippen LogP contribution in [0.2, 0.25) is 0 Å². The van der Waals surface area contributed by atoms with Crippen molar-refractivity contribution in [3.8, 4) is 0 Å². The zero-order valence-electron chi connectivity index (χ0n) is 25.8. The first-order valence-electron chi connectivity index (χ1n) is 14.6. The van der Waals surface area contributed by atoms with Gasteiger partial charge < -0.3 is 10.2 Å². The molecule has 0 saturated carbocycles. The van der Waals surface area contributed by atoms with Crippen LogP contribution in [-0.4, -0.2) is 50.0 Å². The molecule has 1 N–H and O–H groups in total. The zero-order valence-corrected chi connectivity index (χ0v) is 26.6. The zero-order chi connectivity index (χ0) is 30.9. The van der Waals surface area contributed by atoms with Gasteiger partial charge >= 0.3 is 0 Å². The van der Waals surface area contributed by atoms with Gasteiger partial charge in [-0.1, -0.05) is 73.2 Å². The van der Waals surface area contributed by atoms with Gasteiger partial charge in [-0.15, -0.1) is 0 Å².